The summed E-state index contributed by atoms with van der Waals surface area (Å²) in [6.07, 6.45) is 5.45. The molecule has 1 rings (SSSR count). The molecule has 0 radical (unpaired) electrons. The van der Waals surface area contributed by atoms with Crippen molar-refractivity contribution < 1.29 is 0 Å². The van der Waals surface area contributed by atoms with E-state index in [0.29, 0.717) is 17.4 Å². The Labute approximate surface area is 88.6 Å². The zero-order valence-corrected chi connectivity index (χ0v) is 9.97. The van der Waals surface area contributed by atoms with Crippen LogP contribution >= 0.6 is 0 Å². The van der Waals surface area contributed by atoms with E-state index < -0.39 is 0 Å². The maximum Gasteiger partial charge on any atom is 0.0153 e. The molecule has 0 amide bonds. The van der Waals surface area contributed by atoms with Crippen LogP contribution in [0, 0.1) is 11.8 Å². The van der Waals surface area contributed by atoms with Gasteiger partial charge >= 0.3 is 0 Å². The van der Waals surface area contributed by atoms with Crippen LogP contribution in [0.2, 0.25) is 0 Å². The van der Waals surface area contributed by atoms with Crippen molar-refractivity contribution in [2.75, 3.05) is 13.1 Å². The zero-order chi connectivity index (χ0) is 10.6. The van der Waals surface area contributed by atoms with E-state index in [-0.39, 0.29) is 0 Å². The summed E-state index contributed by atoms with van der Waals surface area (Å²) in [5, 5.41) is 3.71. The van der Waals surface area contributed by atoms with Crippen LogP contribution in [0.4, 0.5) is 0 Å². The average Bonchev–Trinajstić information content (AvgIpc) is 2.53. The third-order valence-electron chi connectivity index (χ3n) is 3.74. The molecule has 0 heterocycles. The van der Waals surface area contributed by atoms with E-state index in [0.717, 1.165) is 13.1 Å². The number of hydrogen-bond acceptors (Lipinski definition) is 2. The first-order valence-corrected chi connectivity index (χ1v) is 6.02. The van der Waals surface area contributed by atoms with Gasteiger partial charge in [-0.2, -0.15) is 0 Å². The molecule has 1 aliphatic carbocycles. The van der Waals surface area contributed by atoms with Gasteiger partial charge in [-0.3, -0.25) is 0 Å². The molecule has 3 N–H and O–H groups in total. The van der Waals surface area contributed by atoms with E-state index in [1.54, 1.807) is 0 Å². The molecule has 1 unspecified atom stereocenters. The Balaban J connectivity index is 2.30. The first-order valence-electron chi connectivity index (χ1n) is 6.02. The standard InChI is InChI=1S/C12H26N2/c1-10(2)11(8-13)9-14-12(3)6-4-5-7-12/h10-11,14H,4-9,13H2,1-3H3. The summed E-state index contributed by atoms with van der Waals surface area (Å²) >= 11 is 0. The minimum absolute atomic E-state index is 0.405. The topological polar surface area (TPSA) is 38.0 Å². The lowest BCUT2D eigenvalue weighted by atomic mass is 9.93. The highest BCUT2D eigenvalue weighted by molar-refractivity contribution is 4.88. The molecule has 0 spiro atoms. The molecule has 1 aliphatic rings. The van der Waals surface area contributed by atoms with Gasteiger partial charge in [0.15, 0.2) is 0 Å². The molecule has 2 nitrogen and oxygen atoms in total. The van der Waals surface area contributed by atoms with Gasteiger partial charge < -0.3 is 11.1 Å². The second-order valence-electron chi connectivity index (χ2n) is 5.39. The second-order valence-corrected chi connectivity index (χ2v) is 5.39. The molecule has 2 heteroatoms. The Bertz CT molecular complexity index is 160. The monoisotopic (exact) mass is 198 g/mol. The summed E-state index contributed by atoms with van der Waals surface area (Å²) in [5.74, 6) is 1.32. The van der Waals surface area contributed by atoms with Crippen LogP contribution in [0.1, 0.15) is 46.5 Å². The fourth-order valence-corrected chi connectivity index (χ4v) is 2.30. The zero-order valence-electron chi connectivity index (χ0n) is 9.97. The lowest BCUT2D eigenvalue weighted by Gasteiger charge is -2.29. The average molecular weight is 198 g/mol. The van der Waals surface area contributed by atoms with Gasteiger partial charge in [-0.15, -0.1) is 0 Å². The smallest absolute Gasteiger partial charge is 0.0153 e. The molecule has 14 heavy (non-hydrogen) atoms. The van der Waals surface area contributed by atoms with Crippen LogP contribution < -0.4 is 11.1 Å². The highest BCUT2D eigenvalue weighted by atomic mass is 15.0. The molecule has 1 fully saturated rings. The Hall–Kier alpha value is -0.0800. The van der Waals surface area contributed by atoms with Crippen LogP contribution in [0.25, 0.3) is 0 Å². The van der Waals surface area contributed by atoms with E-state index in [1.165, 1.54) is 25.7 Å². The Morgan fingerprint density at radius 2 is 1.86 bits per heavy atom. The number of nitrogens with one attached hydrogen (secondary N) is 1. The van der Waals surface area contributed by atoms with Crippen molar-refractivity contribution in [1.82, 2.24) is 5.32 Å². The van der Waals surface area contributed by atoms with Gasteiger partial charge in [-0.05, 0) is 44.7 Å². The van der Waals surface area contributed by atoms with Crippen molar-refractivity contribution in [3.05, 3.63) is 0 Å². The highest BCUT2D eigenvalue weighted by Crippen LogP contribution is 2.29. The molecule has 0 aromatic carbocycles. The molecule has 1 atom stereocenters. The summed E-state index contributed by atoms with van der Waals surface area (Å²) in [7, 11) is 0. The minimum atomic E-state index is 0.405. The van der Waals surface area contributed by atoms with E-state index in [1.807, 2.05) is 0 Å². The van der Waals surface area contributed by atoms with Gasteiger partial charge in [0.2, 0.25) is 0 Å². The minimum Gasteiger partial charge on any atom is -0.330 e. The lowest BCUT2D eigenvalue weighted by Crippen LogP contribution is -2.44. The summed E-state index contributed by atoms with van der Waals surface area (Å²) < 4.78 is 0. The van der Waals surface area contributed by atoms with Crippen molar-refractivity contribution >= 4 is 0 Å². The SMILES string of the molecule is CC(C)C(CN)CNC1(C)CCCC1. The number of hydrogen-bond donors (Lipinski definition) is 2. The quantitative estimate of drug-likeness (QED) is 0.710. The van der Waals surface area contributed by atoms with Crippen molar-refractivity contribution in [1.29, 1.82) is 0 Å². The lowest BCUT2D eigenvalue weighted by molar-refractivity contribution is 0.294. The molecule has 0 bridgehead atoms. The Kier molecular flexibility index (Phi) is 4.39. The summed E-state index contributed by atoms with van der Waals surface area (Å²) in [6.45, 7) is 8.77. The maximum atomic E-state index is 5.76. The Morgan fingerprint density at radius 1 is 1.29 bits per heavy atom. The fraction of sp³-hybridized carbons (Fsp3) is 1.00. The van der Waals surface area contributed by atoms with Crippen LogP contribution in [0.5, 0.6) is 0 Å². The largest absolute Gasteiger partial charge is 0.330 e. The summed E-state index contributed by atoms with van der Waals surface area (Å²) in [4.78, 5) is 0. The van der Waals surface area contributed by atoms with Crippen LogP contribution in [-0.4, -0.2) is 18.6 Å². The third kappa shape index (κ3) is 3.25. The predicted octanol–water partition coefficient (Wildman–Crippen LogP) is 2.14. The molecule has 0 aromatic rings. The fourth-order valence-electron chi connectivity index (χ4n) is 2.30. The van der Waals surface area contributed by atoms with Crippen molar-refractivity contribution in [2.24, 2.45) is 17.6 Å². The van der Waals surface area contributed by atoms with Crippen molar-refractivity contribution in [3.63, 3.8) is 0 Å². The Morgan fingerprint density at radius 3 is 2.29 bits per heavy atom. The third-order valence-corrected chi connectivity index (χ3v) is 3.74. The molecule has 84 valence electrons. The molecular weight excluding hydrogens is 172 g/mol. The first-order chi connectivity index (χ1) is 6.57. The van der Waals surface area contributed by atoms with E-state index >= 15 is 0 Å². The van der Waals surface area contributed by atoms with Crippen LogP contribution in [0.15, 0.2) is 0 Å². The van der Waals surface area contributed by atoms with E-state index in [9.17, 15) is 0 Å². The molecule has 0 aliphatic heterocycles. The van der Waals surface area contributed by atoms with Gasteiger partial charge in [0, 0.05) is 5.54 Å². The van der Waals surface area contributed by atoms with Crippen LogP contribution in [0.3, 0.4) is 0 Å². The van der Waals surface area contributed by atoms with E-state index in [2.05, 4.69) is 26.1 Å². The maximum absolute atomic E-state index is 5.76. The summed E-state index contributed by atoms with van der Waals surface area (Å²) in [5.41, 5.74) is 6.17. The highest BCUT2D eigenvalue weighted by Gasteiger charge is 2.28. The van der Waals surface area contributed by atoms with Gasteiger partial charge in [-0.1, -0.05) is 26.7 Å². The normalized spacial score (nSPS) is 22.9. The van der Waals surface area contributed by atoms with Crippen molar-refractivity contribution in [2.45, 2.75) is 52.0 Å². The first kappa shape index (κ1) is 12.0. The molecule has 0 saturated heterocycles. The van der Waals surface area contributed by atoms with Gasteiger partial charge in [0.25, 0.3) is 0 Å². The molecule has 1 saturated carbocycles. The van der Waals surface area contributed by atoms with Crippen molar-refractivity contribution in [3.8, 4) is 0 Å². The van der Waals surface area contributed by atoms with Crippen LogP contribution in [-0.2, 0) is 0 Å². The predicted molar refractivity (Wildman–Crippen MR) is 62.3 cm³/mol. The molecule has 0 aromatic heterocycles. The molecular formula is C12H26N2. The van der Waals surface area contributed by atoms with Gasteiger partial charge in [0.1, 0.15) is 0 Å². The summed E-state index contributed by atoms with van der Waals surface area (Å²) in [6, 6.07) is 0. The number of rotatable bonds is 5. The van der Waals surface area contributed by atoms with Gasteiger partial charge in [0.05, 0.1) is 0 Å². The second kappa shape index (κ2) is 5.13. The van der Waals surface area contributed by atoms with E-state index in [4.69, 9.17) is 5.73 Å². The number of nitrogens with two attached hydrogens (primary N) is 1. The van der Waals surface area contributed by atoms with Gasteiger partial charge in [-0.25, -0.2) is 0 Å².